The average Bonchev–Trinajstić information content (AvgIpc) is 3.56. The molecule has 0 fully saturated rings. The van der Waals surface area contributed by atoms with Crippen LogP contribution in [0.3, 0.4) is 0 Å². The zero-order chi connectivity index (χ0) is 24.2. The van der Waals surface area contributed by atoms with Crippen molar-refractivity contribution in [2.24, 2.45) is 0 Å². The van der Waals surface area contributed by atoms with Crippen molar-refractivity contribution in [1.29, 1.82) is 5.26 Å². The maximum atomic E-state index is 10.0. The van der Waals surface area contributed by atoms with Crippen LogP contribution in [0.5, 0.6) is 5.75 Å². The summed E-state index contributed by atoms with van der Waals surface area (Å²) in [6.07, 6.45) is 3.81. The van der Waals surface area contributed by atoms with Crippen LogP contribution in [0.1, 0.15) is 10.6 Å². The molecule has 0 aliphatic rings. The van der Waals surface area contributed by atoms with Crippen molar-refractivity contribution >= 4 is 45.6 Å². The van der Waals surface area contributed by atoms with E-state index in [1.807, 2.05) is 89.1 Å². The molecule has 5 rings (SSSR count). The van der Waals surface area contributed by atoms with Gasteiger partial charge in [-0.1, -0.05) is 30.3 Å². The van der Waals surface area contributed by atoms with E-state index >= 15 is 0 Å². The van der Waals surface area contributed by atoms with Gasteiger partial charge in [-0.15, -0.1) is 11.3 Å². The first-order valence-electron chi connectivity index (χ1n) is 10.8. The SMILES string of the molecule is COc1ccc(-c2nn(-c3ccccc3)cc2/C=C(\C#N)c2nc(-c3ccc(I)cc3)cs2)cc1. The van der Waals surface area contributed by atoms with Crippen LogP contribution in [0.4, 0.5) is 0 Å². The highest BCUT2D eigenvalue weighted by Gasteiger charge is 2.15. The monoisotopic (exact) mass is 586 g/mol. The predicted molar refractivity (Wildman–Crippen MR) is 149 cm³/mol. The van der Waals surface area contributed by atoms with Gasteiger partial charge in [-0.25, -0.2) is 9.67 Å². The van der Waals surface area contributed by atoms with Crippen LogP contribution in [0, 0.1) is 14.9 Å². The molecule has 0 aliphatic carbocycles. The molecule has 2 aromatic heterocycles. The summed E-state index contributed by atoms with van der Waals surface area (Å²) in [4.78, 5) is 4.75. The number of aromatic nitrogens is 3. The number of nitrogens with zero attached hydrogens (tertiary/aromatic N) is 4. The molecule has 7 heteroatoms. The highest BCUT2D eigenvalue weighted by molar-refractivity contribution is 14.1. The highest BCUT2D eigenvalue weighted by atomic mass is 127. The number of ether oxygens (including phenoxy) is 1. The number of benzene rings is 3. The van der Waals surface area contributed by atoms with Gasteiger partial charge in [-0.3, -0.25) is 0 Å². The number of halogens is 1. The zero-order valence-corrected chi connectivity index (χ0v) is 21.7. The first kappa shape index (κ1) is 23.0. The molecule has 0 bridgehead atoms. The first-order chi connectivity index (χ1) is 17.1. The smallest absolute Gasteiger partial charge is 0.134 e. The summed E-state index contributed by atoms with van der Waals surface area (Å²) in [5.41, 5.74) is 5.87. The lowest BCUT2D eigenvalue weighted by Crippen LogP contribution is -1.94. The van der Waals surface area contributed by atoms with Crippen molar-refractivity contribution in [3.8, 4) is 40.0 Å². The van der Waals surface area contributed by atoms with Crippen LogP contribution in [0.25, 0.3) is 39.9 Å². The Labute approximate surface area is 221 Å². The number of methoxy groups -OCH3 is 1. The fourth-order valence-electron chi connectivity index (χ4n) is 3.63. The average molecular weight is 586 g/mol. The maximum absolute atomic E-state index is 10.0. The Morgan fingerprint density at radius 3 is 2.40 bits per heavy atom. The summed E-state index contributed by atoms with van der Waals surface area (Å²) in [5.74, 6) is 0.775. The second-order valence-corrected chi connectivity index (χ2v) is 9.76. The third-order valence-electron chi connectivity index (χ3n) is 5.42. The van der Waals surface area contributed by atoms with Gasteiger partial charge in [0.05, 0.1) is 29.8 Å². The quantitative estimate of drug-likeness (QED) is 0.154. The van der Waals surface area contributed by atoms with Crippen LogP contribution in [-0.2, 0) is 0 Å². The fraction of sp³-hybridized carbons (Fsp3) is 0.0357. The molecule has 0 radical (unpaired) electrons. The number of hydrogen-bond acceptors (Lipinski definition) is 5. The number of allylic oxidation sites excluding steroid dienone is 1. The van der Waals surface area contributed by atoms with Crippen LogP contribution < -0.4 is 4.74 Å². The molecule has 0 atom stereocenters. The molecule has 170 valence electrons. The first-order valence-corrected chi connectivity index (χ1v) is 12.7. The number of rotatable bonds is 6. The van der Waals surface area contributed by atoms with Gasteiger partial charge < -0.3 is 4.74 Å². The van der Waals surface area contributed by atoms with E-state index in [9.17, 15) is 5.26 Å². The van der Waals surface area contributed by atoms with E-state index in [-0.39, 0.29) is 0 Å². The zero-order valence-electron chi connectivity index (χ0n) is 18.7. The summed E-state index contributed by atoms with van der Waals surface area (Å²) in [6.45, 7) is 0. The van der Waals surface area contributed by atoms with E-state index in [1.54, 1.807) is 7.11 Å². The minimum atomic E-state index is 0.495. The van der Waals surface area contributed by atoms with Gasteiger partial charge >= 0.3 is 0 Å². The van der Waals surface area contributed by atoms with Crippen LogP contribution in [0.15, 0.2) is 90.4 Å². The molecule has 0 spiro atoms. The molecule has 35 heavy (non-hydrogen) atoms. The number of para-hydroxylation sites is 1. The van der Waals surface area contributed by atoms with Crippen molar-refractivity contribution in [2.45, 2.75) is 0 Å². The standard InChI is InChI=1S/C28H19IN4OS/c1-34-25-13-9-20(10-14-25)27-22(17-33(32-27)24-5-3-2-4-6-24)15-21(16-30)28-31-26(18-35-28)19-7-11-23(29)12-8-19/h2-15,17-18H,1H3/b21-15+. The molecule has 0 saturated heterocycles. The molecule has 5 aromatic rings. The fourth-order valence-corrected chi connectivity index (χ4v) is 4.78. The lowest BCUT2D eigenvalue weighted by molar-refractivity contribution is 0.415. The lowest BCUT2D eigenvalue weighted by Gasteiger charge is -2.03. The van der Waals surface area contributed by atoms with E-state index in [4.69, 9.17) is 14.8 Å². The third kappa shape index (κ3) is 5.04. The second kappa shape index (κ2) is 10.3. The van der Waals surface area contributed by atoms with Crippen LogP contribution >= 0.6 is 33.9 Å². The summed E-state index contributed by atoms with van der Waals surface area (Å²) in [7, 11) is 1.64. The molecular formula is C28H19IN4OS. The van der Waals surface area contributed by atoms with Crippen molar-refractivity contribution in [3.05, 3.63) is 105 Å². The van der Waals surface area contributed by atoms with Gasteiger partial charge in [0.2, 0.25) is 0 Å². The normalized spacial score (nSPS) is 11.3. The molecule has 0 aliphatic heterocycles. The van der Waals surface area contributed by atoms with E-state index < -0.39 is 0 Å². The van der Waals surface area contributed by atoms with E-state index in [2.05, 4.69) is 40.8 Å². The Morgan fingerprint density at radius 2 is 1.71 bits per heavy atom. The molecule has 2 heterocycles. The van der Waals surface area contributed by atoms with Crippen molar-refractivity contribution < 1.29 is 4.74 Å². The van der Waals surface area contributed by atoms with Crippen LogP contribution in [-0.4, -0.2) is 21.9 Å². The Hall–Kier alpha value is -3.74. The molecule has 0 amide bonds. The van der Waals surface area contributed by atoms with Crippen molar-refractivity contribution in [3.63, 3.8) is 0 Å². The highest BCUT2D eigenvalue weighted by Crippen LogP contribution is 2.31. The third-order valence-corrected chi connectivity index (χ3v) is 7.02. The minimum absolute atomic E-state index is 0.495. The maximum Gasteiger partial charge on any atom is 0.134 e. The molecule has 0 N–H and O–H groups in total. The van der Waals surface area contributed by atoms with Gasteiger partial charge in [-0.05, 0) is 77.2 Å². The second-order valence-electron chi connectivity index (χ2n) is 7.66. The molecule has 0 unspecified atom stereocenters. The summed E-state index contributed by atoms with van der Waals surface area (Å²) < 4.78 is 8.31. The molecular weight excluding hydrogens is 567 g/mol. The van der Waals surface area contributed by atoms with E-state index in [0.717, 1.165) is 39.5 Å². The largest absolute Gasteiger partial charge is 0.497 e. The van der Waals surface area contributed by atoms with Crippen molar-refractivity contribution in [2.75, 3.05) is 7.11 Å². The van der Waals surface area contributed by atoms with Gasteiger partial charge in [0.15, 0.2) is 0 Å². The van der Waals surface area contributed by atoms with Crippen molar-refractivity contribution in [1.82, 2.24) is 14.8 Å². The Kier molecular flexibility index (Phi) is 6.75. The Morgan fingerprint density at radius 1 is 1.00 bits per heavy atom. The number of thiazole rings is 1. The minimum Gasteiger partial charge on any atom is -0.497 e. The summed E-state index contributed by atoms with van der Waals surface area (Å²) >= 11 is 3.75. The van der Waals surface area contributed by atoms with Gasteiger partial charge in [0, 0.05) is 31.8 Å². The summed E-state index contributed by atoms with van der Waals surface area (Å²) in [6, 6.07) is 28.2. The predicted octanol–water partition coefficient (Wildman–Crippen LogP) is 7.34. The number of nitriles is 1. The lowest BCUT2D eigenvalue weighted by atomic mass is 10.1. The number of hydrogen-bond donors (Lipinski definition) is 0. The molecule has 3 aromatic carbocycles. The van der Waals surface area contributed by atoms with Crippen LogP contribution in [0.2, 0.25) is 0 Å². The van der Waals surface area contributed by atoms with E-state index in [0.29, 0.717) is 10.6 Å². The Balaban J connectivity index is 1.58. The van der Waals surface area contributed by atoms with Gasteiger partial charge in [0.25, 0.3) is 0 Å². The van der Waals surface area contributed by atoms with Gasteiger partial charge in [-0.2, -0.15) is 10.4 Å². The Bertz CT molecular complexity index is 1530. The molecule has 0 saturated carbocycles. The van der Waals surface area contributed by atoms with Gasteiger partial charge in [0.1, 0.15) is 16.8 Å². The topological polar surface area (TPSA) is 63.7 Å². The molecule has 5 nitrogen and oxygen atoms in total. The van der Waals surface area contributed by atoms with E-state index in [1.165, 1.54) is 14.9 Å². The summed E-state index contributed by atoms with van der Waals surface area (Å²) in [5, 5.41) is 17.5.